The van der Waals surface area contributed by atoms with Crippen LogP contribution in [0.3, 0.4) is 0 Å². The van der Waals surface area contributed by atoms with Gasteiger partial charge in [-0.1, -0.05) is 6.92 Å². The van der Waals surface area contributed by atoms with E-state index in [0.717, 1.165) is 13.0 Å². The van der Waals surface area contributed by atoms with Crippen LogP contribution < -0.4 is 5.73 Å². The van der Waals surface area contributed by atoms with Crippen LogP contribution in [0.4, 0.5) is 0 Å². The smallest absolute Gasteiger partial charge is 0.0517 e. The van der Waals surface area contributed by atoms with Crippen LogP contribution in [0.25, 0.3) is 0 Å². The molecule has 2 atom stereocenters. The third kappa shape index (κ3) is 2.67. The quantitative estimate of drug-likeness (QED) is 0.870. The Hall–Kier alpha value is -0.930. The van der Waals surface area contributed by atoms with E-state index in [9.17, 15) is 0 Å². The molecular weight excluding hydrogens is 210 g/mol. The molecule has 94 valence electrons. The number of hydrogen-bond acceptors (Lipinski definition) is 3. The van der Waals surface area contributed by atoms with Gasteiger partial charge in [-0.25, -0.2) is 0 Å². The molecule has 1 saturated heterocycles. The number of rotatable bonds is 3. The molecule has 3 heteroatoms. The monoisotopic (exact) mass is 233 g/mol. The summed E-state index contributed by atoms with van der Waals surface area (Å²) in [5, 5.41) is 0. The molecule has 1 aromatic heterocycles. The number of pyridine rings is 1. The minimum Gasteiger partial charge on any atom is -0.326 e. The molecule has 1 fully saturated rings. The first kappa shape index (κ1) is 12.5. The fourth-order valence-electron chi connectivity index (χ4n) is 2.85. The molecule has 1 aromatic rings. The van der Waals surface area contributed by atoms with Crippen molar-refractivity contribution in [3.05, 3.63) is 29.6 Å². The molecule has 0 bridgehead atoms. The Morgan fingerprint density at radius 1 is 1.53 bits per heavy atom. The molecule has 2 unspecified atom stereocenters. The summed E-state index contributed by atoms with van der Waals surface area (Å²) in [4.78, 5) is 6.79. The van der Waals surface area contributed by atoms with Crippen molar-refractivity contribution in [2.24, 2.45) is 5.73 Å². The Bertz CT molecular complexity index is 362. The lowest BCUT2D eigenvalue weighted by atomic mass is 9.89. The summed E-state index contributed by atoms with van der Waals surface area (Å²) < 4.78 is 0. The predicted molar refractivity (Wildman–Crippen MR) is 70.8 cm³/mol. The van der Waals surface area contributed by atoms with Gasteiger partial charge in [-0.15, -0.1) is 0 Å². The molecule has 3 nitrogen and oxygen atoms in total. The normalized spacial score (nSPS) is 26.1. The number of aromatic nitrogens is 1. The van der Waals surface area contributed by atoms with E-state index in [1.807, 2.05) is 12.4 Å². The fraction of sp³-hybridized carbons (Fsp3) is 0.643. The highest BCUT2D eigenvalue weighted by molar-refractivity contribution is 5.27. The first-order valence-electron chi connectivity index (χ1n) is 6.64. The maximum Gasteiger partial charge on any atom is 0.0517 e. The molecule has 2 rings (SSSR count). The molecule has 0 aromatic carbocycles. The Balaban J connectivity index is 2.28. The van der Waals surface area contributed by atoms with E-state index < -0.39 is 0 Å². The summed E-state index contributed by atoms with van der Waals surface area (Å²) in [5.41, 5.74) is 8.95. The summed E-state index contributed by atoms with van der Waals surface area (Å²) in [6.07, 6.45) is 7.38. The van der Waals surface area contributed by atoms with Gasteiger partial charge >= 0.3 is 0 Å². The highest BCUT2D eigenvalue weighted by Gasteiger charge is 2.30. The van der Waals surface area contributed by atoms with Crippen LogP contribution in [0.5, 0.6) is 0 Å². The van der Waals surface area contributed by atoms with Gasteiger partial charge < -0.3 is 5.73 Å². The molecule has 0 radical (unpaired) electrons. The number of aryl methyl sites for hydroxylation is 1. The van der Waals surface area contributed by atoms with E-state index in [1.54, 1.807) is 0 Å². The van der Waals surface area contributed by atoms with Crippen molar-refractivity contribution in [2.75, 3.05) is 13.1 Å². The van der Waals surface area contributed by atoms with Crippen LogP contribution in [0.2, 0.25) is 0 Å². The summed E-state index contributed by atoms with van der Waals surface area (Å²) >= 11 is 0. The van der Waals surface area contributed by atoms with Crippen molar-refractivity contribution >= 4 is 0 Å². The van der Waals surface area contributed by atoms with Crippen molar-refractivity contribution < 1.29 is 0 Å². The van der Waals surface area contributed by atoms with Gasteiger partial charge in [0.1, 0.15) is 0 Å². The fourth-order valence-corrected chi connectivity index (χ4v) is 2.85. The maximum atomic E-state index is 6.33. The average molecular weight is 233 g/mol. The van der Waals surface area contributed by atoms with Gasteiger partial charge in [0.25, 0.3) is 0 Å². The molecule has 0 aliphatic carbocycles. The second-order valence-corrected chi connectivity index (χ2v) is 5.02. The van der Waals surface area contributed by atoms with Gasteiger partial charge in [0, 0.05) is 18.4 Å². The zero-order chi connectivity index (χ0) is 12.3. The van der Waals surface area contributed by atoms with Gasteiger partial charge in [0.05, 0.1) is 6.04 Å². The third-order valence-electron chi connectivity index (χ3n) is 3.69. The molecule has 1 aliphatic heterocycles. The molecule has 0 amide bonds. The second-order valence-electron chi connectivity index (χ2n) is 5.02. The molecule has 0 saturated carbocycles. The number of hydrogen-bond donors (Lipinski definition) is 1. The van der Waals surface area contributed by atoms with Crippen molar-refractivity contribution in [1.82, 2.24) is 9.88 Å². The molecule has 2 heterocycles. The highest BCUT2D eigenvalue weighted by Crippen LogP contribution is 2.31. The highest BCUT2D eigenvalue weighted by atomic mass is 15.2. The van der Waals surface area contributed by atoms with Gasteiger partial charge in [0.15, 0.2) is 0 Å². The van der Waals surface area contributed by atoms with Crippen molar-refractivity contribution in [2.45, 2.75) is 45.2 Å². The zero-order valence-electron chi connectivity index (χ0n) is 10.9. The van der Waals surface area contributed by atoms with Crippen LogP contribution in [-0.2, 0) is 0 Å². The lowest BCUT2D eigenvalue weighted by molar-refractivity contribution is 0.128. The van der Waals surface area contributed by atoms with Crippen LogP contribution >= 0.6 is 0 Å². The molecule has 1 aliphatic rings. The zero-order valence-corrected chi connectivity index (χ0v) is 10.9. The van der Waals surface area contributed by atoms with E-state index in [0.29, 0.717) is 6.04 Å². The van der Waals surface area contributed by atoms with E-state index in [2.05, 4.69) is 29.8 Å². The van der Waals surface area contributed by atoms with Crippen LogP contribution in [0.1, 0.15) is 43.4 Å². The number of nitrogens with zero attached hydrogens (tertiary/aromatic N) is 2. The summed E-state index contributed by atoms with van der Waals surface area (Å²) in [6, 6.07) is 2.69. The predicted octanol–water partition coefficient (Wildman–Crippen LogP) is 2.26. The van der Waals surface area contributed by atoms with Crippen molar-refractivity contribution in [3.8, 4) is 0 Å². The minimum atomic E-state index is 0.248. The number of piperidine rings is 1. The number of nitrogens with two attached hydrogens (primary N) is 1. The summed E-state index contributed by atoms with van der Waals surface area (Å²) in [6.45, 7) is 6.68. The van der Waals surface area contributed by atoms with E-state index in [-0.39, 0.29) is 6.04 Å². The lowest BCUT2D eigenvalue weighted by Gasteiger charge is -2.40. The topological polar surface area (TPSA) is 42.1 Å². The Kier molecular flexibility index (Phi) is 4.13. The van der Waals surface area contributed by atoms with Crippen LogP contribution in [0, 0.1) is 6.92 Å². The Morgan fingerprint density at radius 3 is 3.06 bits per heavy atom. The molecule has 0 spiro atoms. The van der Waals surface area contributed by atoms with E-state index >= 15 is 0 Å². The van der Waals surface area contributed by atoms with Gasteiger partial charge in [-0.2, -0.15) is 0 Å². The maximum absolute atomic E-state index is 6.33. The third-order valence-corrected chi connectivity index (χ3v) is 3.69. The molecular formula is C14H23N3. The lowest BCUT2D eigenvalue weighted by Crippen LogP contribution is -2.46. The van der Waals surface area contributed by atoms with Gasteiger partial charge in [-0.05, 0) is 56.5 Å². The van der Waals surface area contributed by atoms with Crippen molar-refractivity contribution in [3.63, 3.8) is 0 Å². The van der Waals surface area contributed by atoms with Crippen LogP contribution in [0.15, 0.2) is 18.5 Å². The Labute approximate surface area is 104 Å². The van der Waals surface area contributed by atoms with Gasteiger partial charge in [-0.3, -0.25) is 9.88 Å². The van der Waals surface area contributed by atoms with E-state index in [1.165, 1.54) is 30.5 Å². The van der Waals surface area contributed by atoms with Crippen LogP contribution in [-0.4, -0.2) is 29.0 Å². The molecule has 2 N–H and O–H groups in total. The van der Waals surface area contributed by atoms with Crippen molar-refractivity contribution in [1.29, 1.82) is 0 Å². The summed E-state index contributed by atoms with van der Waals surface area (Å²) in [5.74, 6) is 0. The van der Waals surface area contributed by atoms with Gasteiger partial charge in [0.2, 0.25) is 0 Å². The Morgan fingerprint density at radius 2 is 2.35 bits per heavy atom. The first-order chi connectivity index (χ1) is 8.24. The minimum absolute atomic E-state index is 0.248. The summed E-state index contributed by atoms with van der Waals surface area (Å²) in [7, 11) is 0. The largest absolute Gasteiger partial charge is 0.326 e. The second kappa shape index (κ2) is 5.61. The SMILES string of the molecule is CCCN1CCCC(N)C1c1cnccc1C. The first-order valence-corrected chi connectivity index (χ1v) is 6.64. The average Bonchev–Trinajstić information content (AvgIpc) is 2.31. The molecule has 17 heavy (non-hydrogen) atoms. The standard InChI is InChI=1S/C14H23N3/c1-3-8-17-9-4-5-13(15)14(17)12-10-16-7-6-11(12)2/h6-7,10,13-14H,3-5,8-9,15H2,1-2H3. The van der Waals surface area contributed by atoms with E-state index in [4.69, 9.17) is 5.73 Å². The number of likely N-dealkylation sites (tertiary alicyclic amines) is 1.